The number of carbonyl (C=O) groups is 1. The smallest absolute Gasteiger partial charge is 1.00 e. The summed E-state index contributed by atoms with van der Waals surface area (Å²) in [4.78, 5) is 12.1. The van der Waals surface area contributed by atoms with Crippen molar-refractivity contribution in [1.29, 1.82) is 0 Å². The van der Waals surface area contributed by atoms with Crippen molar-refractivity contribution in [2.24, 2.45) is 23.7 Å². The van der Waals surface area contributed by atoms with E-state index in [9.17, 15) is 9.90 Å². The molecule has 4 heteroatoms. The van der Waals surface area contributed by atoms with Gasteiger partial charge in [-0.15, -0.1) is 0 Å². The van der Waals surface area contributed by atoms with Gasteiger partial charge in [0.15, 0.2) is 0 Å². The fourth-order valence-corrected chi connectivity index (χ4v) is 5.97. The zero-order chi connectivity index (χ0) is 23.6. The van der Waals surface area contributed by atoms with E-state index in [1.165, 1.54) is 116 Å². The van der Waals surface area contributed by atoms with Crippen LogP contribution in [-0.2, 0) is 4.79 Å². The molecule has 0 aromatic rings. The summed E-state index contributed by atoms with van der Waals surface area (Å²) in [7, 11) is 0. The van der Waals surface area contributed by atoms with Crippen molar-refractivity contribution in [2.75, 3.05) is 0 Å². The number of ketones is 1. The van der Waals surface area contributed by atoms with Crippen molar-refractivity contribution in [3.63, 3.8) is 0 Å². The quantitative estimate of drug-likeness (QED) is 0.206. The second-order valence-electron chi connectivity index (χ2n) is 10.9. The number of Topliss-reactive ketones (excluding diaryl/α,β-unsaturated/α-hetero) is 1. The molecule has 2 aliphatic carbocycles. The van der Waals surface area contributed by atoms with E-state index in [1.807, 2.05) is 0 Å². The van der Waals surface area contributed by atoms with Crippen LogP contribution in [0.15, 0.2) is 0 Å². The van der Waals surface area contributed by atoms with E-state index < -0.39 is 0 Å². The molecule has 1 N–H and O–H groups in total. The van der Waals surface area contributed by atoms with Crippen LogP contribution in [0.5, 0.6) is 0 Å². The Labute approximate surface area is 241 Å². The molecule has 4 atom stereocenters. The number of hydrogen-bond acceptors (Lipinski definition) is 2. The first kappa shape index (κ1) is 36.8. The minimum absolute atomic E-state index is 0. The van der Waals surface area contributed by atoms with Crippen LogP contribution in [0, 0.1) is 23.7 Å². The van der Waals surface area contributed by atoms with Gasteiger partial charge in [-0.25, -0.2) is 0 Å². The van der Waals surface area contributed by atoms with Crippen LogP contribution in [-0.4, -0.2) is 25.4 Å². The molecule has 0 heterocycles. The molecule has 0 amide bonds. The molecule has 2 nitrogen and oxygen atoms in total. The Morgan fingerprint density at radius 1 is 0.647 bits per heavy atom. The summed E-state index contributed by atoms with van der Waals surface area (Å²) >= 11 is 0. The maximum Gasteiger partial charge on any atom is 1.00 e. The Bertz CT molecular complexity index is 432. The van der Waals surface area contributed by atoms with Crippen molar-refractivity contribution in [2.45, 2.75) is 162 Å². The van der Waals surface area contributed by atoms with Crippen LogP contribution < -0.4 is 29.6 Å². The number of unbranched alkanes of at least 4 members (excludes halogenated alkanes) is 8. The standard InChI is InChI=1S/C15H30O.C15H28O.B.Na.H2.H/c2*1-3-5-7-9-13-11-12-14(15(13)16)10-8-6-4-2;;;;/h13-16H,3-12H2,1-2H3;13-14H,3-12H2,1-2H3;;;1H;/q;;;+1;;-1. The summed E-state index contributed by atoms with van der Waals surface area (Å²) in [5.74, 6) is 2.71. The van der Waals surface area contributed by atoms with Gasteiger partial charge in [0.05, 0.1) is 6.10 Å². The van der Waals surface area contributed by atoms with E-state index >= 15 is 0 Å². The van der Waals surface area contributed by atoms with Crippen molar-refractivity contribution in [3.05, 3.63) is 0 Å². The molecular weight excluding hydrogens is 426 g/mol. The fraction of sp³-hybridized carbons (Fsp3) is 0.967. The van der Waals surface area contributed by atoms with Gasteiger partial charge in [-0.1, -0.05) is 105 Å². The second-order valence-corrected chi connectivity index (χ2v) is 10.9. The Morgan fingerprint density at radius 3 is 1.29 bits per heavy atom. The van der Waals surface area contributed by atoms with Crippen molar-refractivity contribution in [1.82, 2.24) is 0 Å². The van der Waals surface area contributed by atoms with Gasteiger partial charge in [-0.3, -0.25) is 4.79 Å². The fourth-order valence-electron chi connectivity index (χ4n) is 5.97. The maximum absolute atomic E-state index is 12.1. The molecule has 0 aromatic heterocycles. The van der Waals surface area contributed by atoms with Crippen LogP contribution in [0.1, 0.15) is 159 Å². The molecule has 0 saturated heterocycles. The third-order valence-corrected chi connectivity index (χ3v) is 8.21. The average Bonchev–Trinajstić information content (AvgIpc) is 3.32. The van der Waals surface area contributed by atoms with Crippen molar-refractivity contribution < 1.29 is 42.3 Å². The summed E-state index contributed by atoms with van der Waals surface area (Å²) in [5, 5.41) is 10.2. The van der Waals surface area contributed by atoms with Gasteiger partial charge in [-0.05, 0) is 63.2 Å². The summed E-state index contributed by atoms with van der Waals surface area (Å²) in [6.07, 6.45) is 25.3. The van der Waals surface area contributed by atoms with Crippen LogP contribution in [0.2, 0.25) is 0 Å². The van der Waals surface area contributed by atoms with E-state index in [4.69, 9.17) is 0 Å². The molecule has 0 aliphatic heterocycles. The van der Waals surface area contributed by atoms with Crippen LogP contribution in [0.4, 0.5) is 0 Å². The molecule has 0 aromatic carbocycles. The third-order valence-electron chi connectivity index (χ3n) is 8.21. The minimum Gasteiger partial charge on any atom is -1.00 e. The number of rotatable bonds is 16. The van der Waals surface area contributed by atoms with Crippen LogP contribution >= 0.6 is 0 Å². The first-order chi connectivity index (χ1) is 15.6. The molecular formula is C30H61BNaO2. The number of aliphatic hydroxyl groups excluding tert-OH is 1. The molecule has 3 radical (unpaired) electrons. The van der Waals surface area contributed by atoms with Crippen LogP contribution in [0.3, 0.4) is 0 Å². The van der Waals surface area contributed by atoms with Gasteiger partial charge in [-0.2, -0.15) is 0 Å². The summed E-state index contributed by atoms with van der Waals surface area (Å²) < 4.78 is 0. The van der Waals surface area contributed by atoms with E-state index in [0.29, 0.717) is 29.5 Å². The van der Waals surface area contributed by atoms with Crippen molar-refractivity contribution in [3.8, 4) is 0 Å². The molecule has 34 heavy (non-hydrogen) atoms. The molecule has 2 aliphatic rings. The molecule has 4 unspecified atom stereocenters. The molecule has 0 bridgehead atoms. The monoisotopic (exact) mass is 487 g/mol. The molecule has 2 fully saturated rings. The number of aliphatic hydroxyl groups is 1. The Kier molecular flexibility index (Phi) is 26.1. The van der Waals surface area contributed by atoms with Gasteiger partial charge in [0, 0.05) is 21.7 Å². The van der Waals surface area contributed by atoms with Crippen LogP contribution in [0.25, 0.3) is 0 Å². The van der Waals surface area contributed by atoms with Crippen molar-refractivity contribution >= 4 is 14.2 Å². The van der Waals surface area contributed by atoms with E-state index in [-0.39, 0.29) is 46.9 Å². The maximum atomic E-state index is 12.1. The van der Waals surface area contributed by atoms with Gasteiger partial charge in [0.1, 0.15) is 5.78 Å². The molecule has 2 saturated carbocycles. The normalized spacial score (nSPS) is 25.9. The van der Waals surface area contributed by atoms with Gasteiger partial charge in [0.2, 0.25) is 0 Å². The van der Waals surface area contributed by atoms with E-state index in [2.05, 4.69) is 27.7 Å². The largest absolute Gasteiger partial charge is 1.00 e. The molecule has 0 spiro atoms. The Hall–Kier alpha value is 0.695. The van der Waals surface area contributed by atoms with E-state index in [0.717, 1.165) is 12.8 Å². The first-order valence-electron chi connectivity index (χ1n) is 14.8. The molecule has 2 rings (SSSR count). The molecule has 197 valence electrons. The zero-order valence-corrected chi connectivity index (χ0v) is 26.0. The summed E-state index contributed by atoms with van der Waals surface area (Å²) in [6, 6.07) is 0. The second kappa shape index (κ2) is 24.1. The predicted octanol–water partition coefficient (Wildman–Crippen LogP) is 6.26. The number of carbonyl (C=O) groups excluding carboxylic acids is 1. The summed E-state index contributed by atoms with van der Waals surface area (Å²) in [5.41, 5.74) is 0. The minimum atomic E-state index is 0. The number of hydrogen-bond donors (Lipinski definition) is 1. The van der Waals surface area contributed by atoms with E-state index in [1.54, 1.807) is 0 Å². The Balaban J connectivity index is -0.000000256. The van der Waals surface area contributed by atoms with Gasteiger partial charge < -0.3 is 6.53 Å². The third kappa shape index (κ3) is 15.1. The topological polar surface area (TPSA) is 37.3 Å². The SMILES string of the molecule is CCCCCC1CCC(CCCCC)C1=O.CCCCCC1CCC(CCCCC)C1O.[B].[H-].[HH].[Na+]. The zero-order valence-electron chi connectivity index (χ0n) is 25.0. The predicted molar refractivity (Wildman–Crippen MR) is 149 cm³/mol. The average molecular weight is 488 g/mol. The first-order valence-corrected chi connectivity index (χ1v) is 14.8. The summed E-state index contributed by atoms with van der Waals surface area (Å²) in [6.45, 7) is 8.95. The van der Waals surface area contributed by atoms with Gasteiger partial charge >= 0.3 is 29.6 Å². The van der Waals surface area contributed by atoms with Gasteiger partial charge in [0.25, 0.3) is 0 Å². The Morgan fingerprint density at radius 2 is 0.971 bits per heavy atom.